The number of methoxy groups -OCH3 is 1. The Morgan fingerprint density at radius 3 is 2.63 bits per heavy atom. The van der Waals surface area contributed by atoms with E-state index in [1.165, 1.54) is 13.2 Å². The van der Waals surface area contributed by atoms with Crippen molar-refractivity contribution < 1.29 is 28.3 Å². The van der Waals surface area contributed by atoms with Crippen molar-refractivity contribution >= 4 is 17.7 Å². The summed E-state index contributed by atoms with van der Waals surface area (Å²) in [6.07, 6.45) is 0.678. The van der Waals surface area contributed by atoms with E-state index in [1.807, 2.05) is 0 Å². The minimum atomic E-state index is -0.930. The first-order valence-electron chi connectivity index (χ1n) is 8.67. The van der Waals surface area contributed by atoms with E-state index in [9.17, 15) is 14.4 Å². The van der Waals surface area contributed by atoms with E-state index < -0.39 is 18.0 Å². The number of furan rings is 1. The molecule has 2 atom stereocenters. The summed E-state index contributed by atoms with van der Waals surface area (Å²) in [4.78, 5) is 38.5. The van der Waals surface area contributed by atoms with E-state index in [2.05, 4.69) is 0 Å². The number of Topliss-reactive ketones (excluding diaryl/α,β-unsaturated/α-hetero) is 1. The quantitative estimate of drug-likeness (QED) is 0.549. The van der Waals surface area contributed by atoms with Crippen molar-refractivity contribution in [2.24, 2.45) is 5.92 Å². The number of likely N-dealkylation sites (tertiary alicyclic amines) is 1. The summed E-state index contributed by atoms with van der Waals surface area (Å²) in [5.41, 5.74) is 0.429. The van der Waals surface area contributed by atoms with Crippen molar-refractivity contribution in [1.29, 1.82) is 0 Å². The van der Waals surface area contributed by atoms with Gasteiger partial charge in [-0.15, -0.1) is 0 Å². The Morgan fingerprint density at radius 1 is 1.26 bits per heavy atom. The molecule has 1 saturated heterocycles. The molecular formula is C20H21NO6. The van der Waals surface area contributed by atoms with Gasteiger partial charge in [-0.3, -0.25) is 14.4 Å². The number of carbonyl (C=O) groups excluding carboxylic acids is 3. The smallest absolute Gasteiger partial charge is 0.311 e. The number of ether oxygens (including phenoxy) is 2. The van der Waals surface area contributed by atoms with Crippen molar-refractivity contribution in [2.45, 2.75) is 26.0 Å². The molecule has 7 nitrogen and oxygen atoms in total. The highest BCUT2D eigenvalue weighted by Crippen LogP contribution is 2.22. The average Bonchev–Trinajstić information content (AvgIpc) is 3.31. The van der Waals surface area contributed by atoms with E-state index in [0.29, 0.717) is 23.6 Å². The molecule has 1 aromatic heterocycles. The number of rotatable bonds is 7. The molecule has 2 aromatic rings. The largest absolute Gasteiger partial charge is 0.497 e. The molecular weight excluding hydrogens is 350 g/mol. The van der Waals surface area contributed by atoms with Crippen LogP contribution in [-0.4, -0.2) is 42.3 Å². The van der Waals surface area contributed by atoms with Crippen molar-refractivity contribution in [3.05, 3.63) is 54.0 Å². The second-order valence-electron chi connectivity index (χ2n) is 6.43. The van der Waals surface area contributed by atoms with Gasteiger partial charge in [-0.1, -0.05) is 0 Å². The van der Waals surface area contributed by atoms with E-state index >= 15 is 0 Å². The molecule has 0 N–H and O–H groups in total. The molecule has 0 spiro atoms. The van der Waals surface area contributed by atoms with Gasteiger partial charge in [0.1, 0.15) is 11.5 Å². The summed E-state index contributed by atoms with van der Waals surface area (Å²) in [6.45, 7) is 2.10. The number of ketones is 1. The van der Waals surface area contributed by atoms with Crippen molar-refractivity contribution in [1.82, 2.24) is 4.90 Å². The lowest BCUT2D eigenvalue weighted by atomic mass is 10.1. The van der Waals surface area contributed by atoms with Gasteiger partial charge in [0.15, 0.2) is 6.10 Å². The lowest BCUT2D eigenvalue weighted by molar-refractivity contribution is -0.151. The summed E-state index contributed by atoms with van der Waals surface area (Å²) in [6, 6.07) is 10.1. The number of hydrogen-bond donors (Lipinski definition) is 0. The fourth-order valence-electron chi connectivity index (χ4n) is 2.99. The van der Waals surface area contributed by atoms with Crippen LogP contribution in [0.25, 0.3) is 0 Å². The third-order valence-electron chi connectivity index (χ3n) is 4.51. The molecule has 0 saturated carbocycles. The van der Waals surface area contributed by atoms with Crippen molar-refractivity contribution in [3.63, 3.8) is 0 Å². The van der Waals surface area contributed by atoms with Gasteiger partial charge in [-0.25, -0.2) is 0 Å². The van der Waals surface area contributed by atoms with Crippen LogP contribution in [0.4, 0.5) is 0 Å². The first kappa shape index (κ1) is 18.7. The van der Waals surface area contributed by atoms with Crippen LogP contribution < -0.4 is 4.74 Å². The third-order valence-corrected chi connectivity index (χ3v) is 4.51. The molecule has 2 heterocycles. The van der Waals surface area contributed by atoms with E-state index in [-0.39, 0.29) is 24.7 Å². The van der Waals surface area contributed by atoms with Crippen LogP contribution in [0, 0.1) is 5.92 Å². The Kier molecular flexibility index (Phi) is 5.59. The maximum Gasteiger partial charge on any atom is 0.311 e. The van der Waals surface area contributed by atoms with Gasteiger partial charge in [0.05, 0.1) is 25.8 Å². The molecule has 7 heteroatoms. The van der Waals surface area contributed by atoms with Crippen LogP contribution >= 0.6 is 0 Å². The number of nitrogens with zero attached hydrogens (tertiary/aromatic N) is 1. The van der Waals surface area contributed by atoms with E-state index in [1.54, 1.807) is 48.4 Å². The van der Waals surface area contributed by atoms with Crippen LogP contribution in [0.15, 0.2) is 47.1 Å². The summed E-state index contributed by atoms with van der Waals surface area (Å²) < 4.78 is 15.6. The summed E-state index contributed by atoms with van der Waals surface area (Å²) in [7, 11) is 1.54. The molecule has 1 aliphatic heterocycles. The lowest BCUT2D eigenvalue weighted by Crippen LogP contribution is -2.30. The van der Waals surface area contributed by atoms with Gasteiger partial charge in [0, 0.05) is 18.5 Å². The van der Waals surface area contributed by atoms with E-state index in [0.717, 1.165) is 0 Å². The third kappa shape index (κ3) is 4.36. The van der Waals surface area contributed by atoms with Gasteiger partial charge in [-0.2, -0.15) is 0 Å². The molecule has 1 aliphatic rings. The van der Waals surface area contributed by atoms with Crippen LogP contribution in [0.5, 0.6) is 5.75 Å². The number of benzene rings is 1. The first-order valence-corrected chi connectivity index (χ1v) is 8.67. The standard InChI is InChI=1S/C20H21NO6/c1-13(19(23)14-5-7-16(25-2)8-6-14)27-20(24)15-10-18(22)21(11-15)12-17-4-3-9-26-17/h3-9,13,15H,10-12H2,1-2H3/t13-,15+/m0/s1. The van der Waals surface area contributed by atoms with Crippen LogP contribution in [0.2, 0.25) is 0 Å². The Labute approximate surface area is 156 Å². The molecule has 27 heavy (non-hydrogen) atoms. The minimum absolute atomic E-state index is 0.0724. The van der Waals surface area contributed by atoms with Gasteiger partial charge in [-0.05, 0) is 43.3 Å². The van der Waals surface area contributed by atoms with Crippen molar-refractivity contribution in [2.75, 3.05) is 13.7 Å². The van der Waals surface area contributed by atoms with E-state index in [4.69, 9.17) is 13.9 Å². The molecule has 1 aromatic carbocycles. The van der Waals surface area contributed by atoms with Gasteiger partial charge in [0.2, 0.25) is 11.7 Å². The van der Waals surface area contributed by atoms with Crippen LogP contribution in [0.3, 0.4) is 0 Å². The average molecular weight is 371 g/mol. The summed E-state index contributed by atoms with van der Waals surface area (Å²) in [5, 5.41) is 0. The molecule has 142 valence electrons. The normalized spacial score (nSPS) is 17.6. The molecule has 1 fully saturated rings. The fraction of sp³-hybridized carbons (Fsp3) is 0.350. The lowest BCUT2D eigenvalue weighted by Gasteiger charge is -2.17. The first-order chi connectivity index (χ1) is 13.0. The van der Waals surface area contributed by atoms with Crippen LogP contribution in [-0.2, 0) is 20.9 Å². The second-order valence-corrected chi connectivity index (χ2v) is 6.43. The maximum atomic E-state index is 12.4. The molecule has 3 rings (SSSR count). The Bertz CT molecular complexity index is 812. The summed E-state index contributed by atoms with van der Waals surface area (Å²) in [5.74, 6) is -0.277. The molecule has 0 bridgehead atoms. The number of carbonyl (C=O) groups is 3. The molecule has 0 radical (unpaired) electrons. The van der Waals surface area contributed by atoms with Gasteiger partial charge >= 0.3 is 5.97 Å². The number of esters is 1. The monoisotopic (exact) mass is 371 g/mol. The fourth-order valence-corrected chi connectivity index (χ4v) is 2.99. The Balaban J connectivity index is 1.56. The number of amides is 1. The van der Waals surface area contributed by atoms with Crippen molar-refractivity contribution in [3.8, 4) is 5.75 Å². The highest BCUT2D eigenvalue weighted by atomic mass is 16.5. The zero-order valence-electron chi connectivity index (χ0n) is 15.2. The predicted molar refractivity (Wildman–Crippen MR) is 95.1 cm³/mol. The maximum absolute atomic E-state index is 12.4. The van der Waals surface area contributed by atoms with Crippen LogP contribution in [0.1, 0.15) is 29.5 Å². The topological polar surface area (TPSA) is 86.0 Å². The molecule has 0 unspecified atom stereocenters. The van der Waals surface area contributed by atoms with Gasteiger partial charge < -0.3 is 18.8 Å². The molecule has 0 aliphatic carbocycles. The Morgan fingerprint density at radius 2 is 2.00 bits per heavy atom. The SMILES string of the molecule is COc1ccc(C(=O)[C@H](C)OC(=O)[C@@H]2CC(=O)N(Cc3ccco3)C2)cc1. The second kappa shape index (κ2) is 8.07. The van der Waals surface area contributed by atoms with Gasteiger partial charge in [0.25, 0.3) is 0 Å². The molecule has 1 amide bonds. The zero-order chi connectivity index (χ0) is 19.4. The zero-order valence-corrected chi connectivity index (χ0v) is 15.2. The highest BCUT2D eigenvalue weighted by molar-refractivity contribution is 6.00. The minimum Gasteiger partial charge on any atom is -0.497 e. The Hall–Kier alpha value is -3.09. The summed E-state index contributed by atoms with van der Waals surface area (Å²) >= 11 is 0. The predicted octanol–water partition coefficient (Wildman–Crippen LogP) is 2.45. The number of hydrogen-bond acceptors (Lipinski definition) is 6. The highest BCUT2D eigenvalue weighted by Gasteiger charge is 2.37.